The van der Waals surface area contributed by atoms with E-state index in [1.165, 1.54) is 0 Å². The predicted octanol–water partition coefficient (Wildman–Crippen LogP) is -2.82. The molecule has 0 aromatic rings. The minimum atomic E-state index is -5.39. The first-order chi connectivity index (χ1) is 2.00. The molecule has 4 nitrogen and oxygen atoms in total. The van der Waals surface area contributed by atoms with Crippen LogP contribution in [0.15, 0.2) is 0 Å². The van der Waals surface area contributed by atoms with Gasteiger partial charge < -0.3 is 19.2 Å². The summed E-state index contributed by atoms with van der Waals surface area (Å²) in [5.41, 5.74) is 0. The quantitative estimate of drug-likeness (QED) is 0.322. The molecule has 0 N–H and O–H groups in total. The largest absolute Gasteiger partial charge is 3.00 e. The Morgan fingerprint density at radius 3 is 1.14 bits per heavy atom. The topological polar surface area (TPSA) is 86.2 Å². The summed E-state index contributed by atoms with van der Waals surface area (Å²) in [5, 5.41) is 0. The summed E-state index contributed by atoms with van der Waals surface area (Å²) in [6.07, 6.45) is 0. The van der Waals surface area contributed by atoms with Crippen LogP contribution in [-0.4, -0.2) is 0 Å². The van der Waals surface area contributed by atoms with Crippen LogP contribution in [0.2, 0.25) is 0 Å². The standard InChI is InChI=1S/Ho.Nd.H3O4P/c;;1-5(2,3)4/h;;(H3,1,2,3,4)/q;+3;/p-3. The molecule has 7 heavy (non-hydrogen) atoms. The van der Waals surface area contributed by atoms with E-state index in [-0.39, 0.29) is 78.6 Å². The van der Waals surface area contributed by atoms with Crippen LogP contribution in [-0.2, 0) is 4.57 Å². The van der Waals surface area contributed by atoms with E-state index in [2.05, 4.69) is 0 Å². The van der Waals surface area contributed by atoms with Crippen molar-refractivity contribution in [1.82, 2.24) is 0 Å². The molecule has 2 radical (unpaired) electrons. The Kier molecular flexibility index (Phi) is 16.0. The maximum absolute atomic E-state index is 8.55. The van der Waals surface area contributed by atoms with Gasteiger partial charge in [0.1, 0.15) is 0 Å². The van der Waals surface area contributed by atoms with E-state index < -0.39 is 7.82 Å². The summed E-state index contributed by atoms with van der Waals surface area (Å²) in [6.45, 7) is 0. The SMILES string of the molecule is O=P([O-])([O-])[O-].[Ho].[Nd+3]. The molecule has 0 aliphatic rings. The molecule has 44 valence electrons. The van der Waals surface area contributed by atoms with Crippen molar-refractivity contribution in [2.75, 3.05) is 0 Å². The molecule has 0 fully saturated rings. The second-order valence-corrected chi connectivity index (χ2v) is 1.34. The van der Waals surface area contributed by atoms with Crippen LogP contribution in [0.4, 0.5) is 0 Å². The average Bonchev–Trinajstić information content (AvgIpc) is 0.722. The molecule has 0 spiro atoms. The zero-order valence-electron chi connectivity index (χ0n) is 2.88. The minimum Gasteiger partial charge on any atom is -0.822 e. The van der Waals surface area contributed by atoms with Gasteiger partial charge in [-0.2, -0.15) is 7.82 Å². The minimum absolute atomic E-state index is 0. The van der Waals surface area contributed by atoms with E-state index >= 15 is 0 Å². The Morgan fingerprint density at radius 1 is 1.14 bits per heavy atom. The van der Waals surface area contributed by atoms with E-state index in [0.717, 1.165) is 0 Å². The molecule has 0 heterocycles. The summed E-state index contributed by atoms with van der Waals surface area (Å²) in [5.74, 6) is 0. The average molecular weight is 404 g/mol. The van der Waals surface area contributed by atoms with Gasteiger partial charge in [0.25, 0.3) is 0 Å². The molecule has 0 aliphatic heterocycles. The van der Waals surface area contributed by atoms with Gasteiger partial charge in [-0.05, 0) is 0 Å². The third-order valence-corrected chi connectivity index (χ3v) is 0. The van der Waals surface area contributed by atoms with Crippen molar-refractivity contribution in [3.63, 3.8) is 0 Å². The first-order valence-electron chi connectivity index (χ1n) is 0.730. The molecule has 0 aliphatic carbocycles. The normalized spacial score (nSPS) is 8.43. The summed E-state index contributed by atoms with van der Waals surface area (Å²) in [6, 6.07) is 0. The third kappa shape index (κ3) is 53.2. The van der Waals surface area contributed by atoms with E-state index in [4.69, 9.17) is 19.2 Å². The fourth-order valence-corrected chi connectivity index (χ4v) is 0. The Labute approximate surface area is 103 Å². The van der Waals surface area contributed by atoms with Gasteiger partial charge in [-0.3, -0.25) is 0 Å². The van der Waals surface area contributed by atoms with Crippen molar-refractivity contribution in [3.05, 3.63) is 0 Å². The zero-order chi connectivity index (χ0) is 4.50. The van der Waals surface area contributed by atoms with Gasteiger partial charge in [-0.25, -0.2) is 0 Å². The number of hydrogen-bond donors (Lipinski definition) is 0. The number of rotatable bonds is 0. The summed E-state index contributed by atoms with van der Waals surface area (Å²) < 4.78 is 8.55. The van der Waals surface area contributed by atoms with Crippen molar-refractivity contribution in [1.29, 1.82) is 0 Å². The fourth-order valence-electron chi connectivity index (χ4n) is 0. The Balaban J connectivity index is -0.0000000800. The van der Waals surface area contributed by atoms with Crippen molar-refractivity contribution < 1.29 is 97.8 Å². The van der Waals surface area contributed by atoms with Gasteiger partial charge in [-0.1, -0.05) is 0 Å². The van der Waals surface area contributed by atoms with Crippen molar-refractivity contribution in [2.24, 2.45) is 0 Å². The van der Waals surface area contributed by atoms with Gasteiger partial charge in [-0.15, -0.1) is 0 Å². The van der Waals surface area contributed by atoms with Crippen LogP contribution >= 0.6 is 7.82 Å². The summed E-state index contributed by atoms with van der Waals surface area (Å²) in [4.78, 5) is 25.6. The Morgan fingerprint density at radius 2 is 1.14 bits per heavy atom. The van der Waals surface area contributed by atoms with Crippen LogP contribution in [0.5, 0.6) is 0 Å². The maximum Gasteiger partial charge on any atom is 3.00 e. The van der Waals surface area contributed by atoms with Crippen molar-refractivity contribution in [3.8, 4) is 0 Å². The van der Waals surface area contributed by atoms with Gasteiger partial charge in [0.2, 0.25) is 0 Å². The predicted molar refractivity (Wildman–Crippen MR) is 7.61 cm³/mol. The zero-order valence-corrected chi connectivity index (χ0v) is 8.92. The molecule has 0 unspecified atom stereocenters. The first-order valence-corrected chi connectivity index (χ1v) is 2.19. The molecule has 0 rings (SSSR count). The molecule has 0 saturated heterocycles. The molecule has 7 heteroatoms. The molecular weight excluding hydrogens is 404 g/mol. The van der Waals surface area contributed by atoms with Crippen LogP contribution in [0.1, 0.15) is 0 Å². The smallest absolute Gasteiger partial charge is 0.822 e. The monoisotopic (exact) mass is 402 g/mol. The van der Waals surface area contributed by atoms with Crippen LogP contribution in [0, 0.1) is 78.6 Å². The fraction of sp³-hybridized carbons (Fsp3) is 0. The molecule has 0 amide bonds. The molecule has 0 bridgehead atoms. The first kappa shape index (κ1) is 16.4. The molecule has 0 aromatic heterocycles. The van der Waals surface area contributed by atoms with E-state index in [9.17, 15) is 0 Å². The van der Waals surface area contributed by atoms with E-state index in [1.54, 1.807) is 0 Å². The van der Waals surface area contributed by atoms with Crippen LogP contribution < -0.4 is 14.7 Å². The van der Waals surface area contributed by atoms with E-state index in [1.807, 2.05) is 0 Å². The number of hydrogen-bond acceptors (Lipinski definition) is 4. The van der Waals surface area contributed by atoms with Crippen LogP contribution in [0.25, 0.3) is 0 Å². The van der Waals surface area contributed by atoms with Gasteiger partial charge in [0.05, 0.1) is 0 Å². The Bertz CT molecular complexity index is 57.8. The molecule has 0 aromatic carbocycles. The molecule has 0 atom stereocenters. The van der Waals surface area contributed by atoms with Gasteiger partial charge >= 0.3 is 40.8 Å². The van der Waals surface area contributed by atoms with Crippen LogP contribution in [0.3, 0.4) is 0 Å². The van der Waals surface area contributed by atoms with Gasteiger partial charge in [0.15, 0.2) is 0 Å². The second kappa shape index (κ2) is 6.84. The van der Waals surface area contributed by atoms with Crippen molar-refractivity contribution >= 4 is 7.82 Å². The number of phosphoric acid groups is 1. The molecule has 0 saturated carbocycles. The maximum atomic E-state index is 8.55. The Hall–Kier alpha value is 2.72. The summed E-state index contributed by atoms with van der Waals surface area (Å²) >= 11 is 0. The van der Waals surface area contributed by atoms with E-state index in [0.29, 0.717) is 0 Å². The van der Waals surface area contributed by atoms with Crippen molar-refractivity contribution in [2.45, 2.75) is 0 Å². The third-order valence-electron chi connectivity index (χ3n) is 0. The summed E-state index contributed by atoms with van der Waals surface area (Å²) in [7, 11) is -5.39. The molecular formula is HoNdO4P. The van der Waals surface area contributed by atoms with Gasteiger partial charge in [0, 0.05) is 37.7 Å². The second-order valence-electron chi connectivity index (χ2n) is 0.447.